The van der Waals surface area contributed by atoms with Crippen molar-refractivity contribution >= 4 is 0 Å². The average Bonchev–Trinajstić information content (AvgIpc) is 2.67. The van der Waals surface area contributed by atoms with Crippen LogP contribution in [0.25, 0.3) is 11.1 Å². The van der Waals surface area contributed by atoms with E-state index in [1.54, 1.807) is 0 Å². The fourth-order valence-electron chi connectivity index (χ4n) is 2.98. The predicted molar refractivity (Wildman–Crippen MR) is 101 cm³/mol. The molecule has 2 N–H and O–H groups in total. The van der Waals surface area contributed by atoms with Gasteiger partial charge in [-0.15, -0.1) is 0 Å². The average molecular weight is 316 g/mol. The third-order valence-corrected chi connectivity index (χ3v) is 4.67. The molecule has 0 spiro atoms. The van der Waals surface area contributed by atoms with Gasteiger partial charge < -0.3 is 5.73 Å². The highest BCUT2D eigenvalue weighted by atomic mass is 15.2. The molecule has 0 heterocycles. The largest absolute Gasteiger partial charge is 0.312 e. The van der Waals surface area contributed by atoms with Gasteiger partial charge in [-0.05, 0) is 42.3 Å². The lowest BCUT2D eigenvalue weighted by atomic mass is 10.0. The van der Waals surface area contributed by atoms with Gasteiger partial charge in [-0.25, -0.2) is 0 Å². The summed E-state index contributed by atoms with van der Waals surface area (Å²) in [5.74, 6) is 0. The fourth-order valence-corrected chi connectivity index (χ4v) is 2.98. The Morgan fingerprint density at radius 1 is 0.708 bits per heavy atom. The number of nitrogens with two attached hydrogens (primary N) is 1. The molecule has 0 saturated heterocycles. The molecule has 0 radical (unpaired) electrons. The predicted octanol–water partition coefficient (Wildman–Crippen LogP) is 5.00. The summed E-state index contributed by atoms with van der Waals surface area (Å²) >= 11 is 0. The Morgan fingerprint density at radius 3 is 1.92 bits per heavy atom. The van der Waals surface area contributed by atoms with Crippen molar-refractivity contribution in [2.75, 3.05) is 7.05 Å². The molecule has 3 rings (SSSR count). The van der Waals surface area contributed by atoms with E-state index in [-0.39, 0.29) is 12.2 Å². The molecule has 2 unspecified atom stereocenters. The summed E-state index contributed by atoms with van der Waals surface area (Å²) in [6, 6.07) is 29.6. The molecule has 0 bridgehead atoms. The van der Waals surface area contributed by atoms with Gasteiger partial charge in [-0.3, -0.25) is 4.90 Å². The van der Waals surface area contributed by atoms with Gasteiger partial charge >= 0.3 is 0 Å². The van der Waals surface area contributed by atoms with Crippen LogP contribution in [0.5, 0.6) is 0 Å². The van der Waals surface area contributed by atoms with Crippen LogP contribution in [0.1, 0.15) is 30.3 Å². The van der Waals surface area contributed by atoms with Crippen LogP contribution in [0.2, 0.25) is 0 Å². The molecule has 122 valence electrons. The lowest BCUT2D eigenvalue weighted by Crippen LogP contribution is -2.33. The molecule has 2 nitrogen and oxygen atoms in total. The summed E-state index contributed by atoms with van der Waals surface area (Å²) in [5.41, 5.74) is 11.4. The van der Waals surface area contributed by atoms with E-state index in [2.05, 4.69) is 91.7 Å². The maximum Gasteiger partial charge on any atom is 0.0838 e. The molecule has 3 aromatic rings. The maximum absolute atomic E-state index is 6.55. The molecule has 0 aliphatic carbocycles. The summed E-state index contributed by atoms with van der Waals surface area (Å²) in [6.45, 7) is 2.19. The van der Waals surface area contributed by atoms with E-state index in [4.69, 9.17) is 5.73 Å². The molecule has 2 atom stereocenters. The second-order valence-electron chi connectivity index (χ2n) is 6.19. The zero-order valence-electron chi connectivity index (χ0n) is 14.3. The Labute approximate surface area is 144 Å². The third kappa shape index (κ3) is 3.56. The molecule has 2 heteroatoms. The highest BCUT2D eigenvalue weighted by Crippen LogP contribution is 2.28. The van der Waals surface area contributed by atoms with Crippen LogP contribution in [0.15, 0.2) is 84.9 Å². The SMILES string of the molecule is CC(c1ccccc1)N(C)C(N)c1cccc(-c2ccccc2)c1. The molecule has 0 fully saturated rings. The Hall–Kier alpha value is -2.42. The van der Waals surface area contributed by atoms with Gasteiger partial charge in [-0.2, -0.15) is 0 Å². The summed E-state index contributed by atoms with van der Waals surface area (Å²) in [4.78, 5) is 2.21. The highest BCUT2D eigenvalue weighted by Gasteiger charge is 2.19. The lowest BCUT2D eigenvalue weighted by molar-refractivity contribution is 0.190. The maximum atomic E-state index is 6.55. The van der Waals surface area contributed by atoms with Crippen molar-refractivity contribution in [2.45, 2.75) is 19.1 Å². The Morgan fingerprint density at radius 2 is 1.25 bits per heavy atom. The van der Waals surface area contributed by atoms with Crippen LogP contribution < -0.4 is 5.73 Å². The molecular weight excluding hydrogens is 292 g/mol. The first-order valence-corrected chi connectivity index (χ1v) is 8.34. The Bertz CT molecular complexity index is 768. The van der Waals surface area contributed by atoms with Crippen LogP contribution in [0.4, 0.5) is 0 Å². The Balaban J connectivity index is 1.83. The third-order valence-electron chi connectivity index (χ3n) is 4.67. The van der Waals surface area contributed by atoms with E-state index in [9.17, 15) is 0 Å². The van der Waals surface area contributed by atoms with Gasteiger partial charge in [-0.1, -0.05) is 78.9 Å². The summed E-state index contributed by atoms with van der Waals surface area (Å²) in [6.07, 6.45) is -0.149. The molecule has 0 aliphatic heterocycles. The van der Waals surface area contributed by atoms with E-state index in [1.807, 2.05) is 12.1 Å². The van der Waals surface area contributed by atoms with E-state index >= 15 is 0 Å². The summed E-state index contributed by atoms with van der Waals surface area (Å²) in [7, 11) is 2.08. The van der Waals surface area contributed by atoms with E-state index in [1.165, 1.54) is 16.7 Å². The molecule has 0 aromatic heterocycles. The van der Waals surface area contributed by atoms with Crippen molar-refractivity contribution in [1.29, 1.82) is 0 Å². The van der Waals surface area contributed by atoms with Gasteiger partial charge in [0.15, 0.2) is 0 Å². The second-order valence-corrected chi connectivity index (χ2v) is 6.19. The van der Waals surface area contributed by atoms with E-state index in [0.29, 0.717) is 0 Å². The number of rotatable bonds is 5. The van der Waals surface area contributed by atoms with Crippen molar-refractivity contribution in [2.24, 2.45) is 5.73 Å². The van der Waals surface area contributed by atoms with Crippen LogP contribution in [0, 0.1) is 0 Å². The van der Waals surface area contributed by atoms with Crippen molar-refractivity contribution in [3.8, 4) is 11.1 Å². The fraction of sp³-hybridized carbons (Fsp3) is 0.182. The standard InChI is InChI=1S/C22H24N2/c1-17(18-10-5-3-6-11-18)24(2)22(23)21-15-9-14-20(16-21)19-12-7-4-8-13-19/h3-17,22H,23H2,1-2H3. The summed E-state index contributed by atoms with van der Waals surface area (Å²) < 4.78 is 0. The van der Waals surface area contributed by atoms with Crippen molar-refractivity contribution in [1.82, 2.24) is 4.90 Å². The summed E-state index contributed by atoms with van der Waals surface area (Å²) in [5, 5.41) is 0. The van der Waals surface area contributed by atoms with Gasteiger partial charge in [0.1, 0.15) is 0 Å². The van der Waals surface area contributed by atoms with Crippen LogP contribution >= 0.6 is 0 Å². The number of hydrogen-bond acceptors (Lipinski definition) is 2. The minimum atomic E-state index is -0.149. The number of benzene rings is 3. The van der Waals surface area contributed by atoms with E-state index < -0.39 is 0 Å². The Kier molecular flexibility index (Phi) is 5.09. The first kappa shape index (κ1) is 16.4. The minimum absolute atomic E-state index is 0.149. The number of nitrogens with zero attached hydrogens (tertiary/aromatic N) is 1. The zero-order chi connectivity index (χ0) is 16.9. The lowest BCUT2D eigenvalue weighted by Gasteiger charge is -2.31. The molecule has 0 aliphatic rings. The van der Waals surface area contributed by atoms with Crippen LogP contribution in [0.3, 0.4) is 0 Å². The van der Waals surface area contributed by atoms with Gasteiger partial charge in [0.05, 0.1) is 6.17 Å². The van der Waals surface area contributed by atoms with Crippen LogP contribution in [-0.2, 0) is 0 Å². The van der Waals surface area contributed by atoms with Crippen molar-refractivity contribution < 1.29 is 0 Å². The van der Waals surface area contributed by atoms with Crippen LogP contribution in [-0.4, -0.2) is 11.9 Å². The highest BCUT2D eigenvalue weighted by molar-refractivity contribution is 5.64. The monoisotopic (exact) mass is 316 g/mol. The number of hydrogen-bond donors (Lipinski definition) is 1. The normalized spacial score (nSPS) is 13.7. The smallest absolute Gasteiger partial charge is 0.0838 e. The van der Waals surface area contributed by atoms with Crippen molar-refractivity contribution in [3.05, 3.63) is 96.1 Å². The molecule has 24 heavy (non-hydrogen) atoms. The molecule has 0 saturated carbocycles. The first-order valence-electron chi connectivity index (χ1n) is 8.34. The van der Waals surface area contributed by atoms with Crippen molar-refractivity contribution in [3.63, 3.8) is 0 Å². The molecule has 3 aromatic carbocycles. The molecule has 0 amide bonds. The molecular formula is C22H24N2. The quantitative estimate of drug-likeness (QED) is 0.671. The van der Waals surface area contributed by atoms with Gasteiger partial charge in [0.2, 0.25) is 0 Å². The minimum Gasteiger partial charge on any atom is -0.312 e. The topological polar surface area (TPSA) is 29.3 Å². The zero-order valence-corrected chi connectivity index (χ0v) is 14.3. The first-order chi connectivity index (χ1) is 11.7. The second kappa shape index (κ2) is 7.43. The van der Waals surface area contributed by atoms with E-state index in [0.717, 1.165) is 5.56 Å². The van der Waals surface area contributed by atoms with Gasteiger partial charge in [0, 0.05) is 6.04 Å². The van der Waals surface area contributed by atoms with Gasteiger partial charge in [0.25, 0.3) is 0 Å².